The van der Waals surface area contributed by atoms with E-state index in [1.54, 1.807) is 0 Å². The molecule has 1 amide bonds. The van der Waals surface area contributed by atoms with Crippen molar-refractivity contribution in [2.24, 2.45) is 10.8 Å². The zero-order chi connectivity index (χ0) is 12.7. The van der Waals surface area contributed by atoms with E-state index in [2.05, 4.69) is 32.6 Å². The second kappa shape index (κ2) is 4.29. The van der Waals surface area contributed by atoms with Crippen molar-refractivity contribution in [3.8, 4) is 0 Å². The first-order chi connectivity index (χ1) is 7.88. The first-order valence-corrected chi connectivity index (χ1v) is 7.17. The lowest BCUT2D eigenvalue weighted by atomic mass is 9.79. The Bertz CT molecular complexity index is 307. The van der Waals surface area contributed by atoms with Gasteiger partial charge in [-0.3, -0.25) is 4.79 Å². The van der Waals surface area contributed by atoms with E-state index in [1.165, 1.54) is 25.7 Å². The summed E-state index contributed by atoms with van der Waals surface area (Å²) in [6.07, 6.45) is 6.71. The molecule has 0 aromatic heterocycles. The third-order valence-electron chi connectivity index (χ3n) is 4.71. The van der Waals surface area contributed by atoms with Gasteiger partial charge in [0.15, 0.2) is 0 Å². The average Bonchev–Trinajstić information content (AvgIpc) is 2.66. The molecule has 17 heavy (non-hydrogen) atoms. The van der Waals surface area contributed by atoms with Gasteiger partial charge in [0, 0.05) is 19.0 Å². The SMILES string of the molecule is CCCCCC(=O)N1C[C@]2(C)C[C@@H]1C(C)(C)C2. The molecular formula is C15H27NO. The van der Waals surface area contributed by atoms with Crippen molar-refractivity contribution >= 4 is 5.91 Å². The van der Waals surface area contributed by atoms with Crippen LogP contribution >= 0.6 is 0 Å². The van der Waals surface area contributed by atoms with Crippen LogP contribution in [0.1, 0.15) is 66.2 Å². The molecule has 2 nitrogen and oxygen atoms in total. The quantitative estimate of drug-likeness (QED) is 0.684. The van der Waals surface area contributed by atoms with Crippen LogP contribution in [0.25, 0.3) is 0 Å². The summed E-state index contributed by atoms with van der Waals surface area (Å²) in [6, 6.07) is 0.502. The number of unbranched alkanes of at least 4 members (excludes halogenated alkanes) is 2. The van der Waals surface area contributed by atoms with Gasteiger partial charge in [0.25, 0.3) is 0 Å². The van der Waals surface area contributed by atoms with E-state index in [-0.39, 0.29) is 0 Å². The molecule has 2 fully saturated rings. The highest BCUT2D eigenvalue weighted by atomic mass is 16.2. The predicted molar refractivity (Wildman–Crippen MR) is 70.8 cm³/mol. The Morgan fingerprint density at radius 2 is 2.00 bits per heavy atom. The van der Waals surface area contributed by atoms with Crippen molar-refractivity contribution in [2.75, 3.05) is 6.54 Å². The van der Waals surface area contributed by atoms with Crippen molar-refractivity contribution in [1.29, 1.82) is 0 Å². The molecule has 2 heteroatoms. The molecule has 1 aliphatic carbocycles. The monoisotopic (exact) mass is 237 g/mol. The molecule has 1 heterocycles. The van der Waals surface area contributed by atoms with Gasteiger partial charge in [-0.1, -0.05) is 40.5 Å². The molecule has 0 aromatic rings. The van der Waals surface area contributed by atoms with E-state index in [0.29, 0.717) is 22.8 Å². The highest BCUT2D eigenvalue weighted by molar-refractivity contribution is 5.77. The fourth-order valence-electron chi connectivity index (χ4n) is 4.14. The van der Waals surface area contributed by atoms with E-state index >= 15 is 0 Å². The summed E-state index contributed by atoms with van der Waals surface area (Å²) in [5, 5.41) is 0. The van der Waals surface area contributed by atoms with Gasteiger partial charge in [-0.05, 0) is 30.1 Å². The van der Waals surface area contributed by atoms with Crippen LogP contribution in [0.2, 0.25) is 0 Å². The highest BCUT2D eigenvalue weighted by Gasteiger charge is 2.56. The van der Waals surface area contributed by atoms with Gasteiger partial charge in [-0.25, -0.2) is 0 Å². The number of carbonyl (C=O) groups excluding carboxylic acids is 1. The molecule has 1 saturated carbocycles. The highest BCUT2D eigenvalue weighted by Crippen LogP contribution is 2.56. The normalized spacial score (nSPS) is 34.4. The minimum absolute atomic E-state index is 0.327. The maximum atomic E-state index is 12.3. The second-order valence-electron chi connectivity index (χ2n) is 7.17. The third kappa shape index (κ3) is 2.36. The summed E-state index contributed by atoms with van der Waals surface area (Å²) >= 11 is 0. The number of rotatable bonds is 4. The summed E-state index contributed by atoms with van der Waals surface area (Å²) in [6.45, 7) is 10.2. The number of carbonyl (C=O) groups is 1. The Morgan fingerprint density at radius 1 is 1.29 bits per heavy atom. The molecule has 98 valence electrons. The first-order valence-electron chi connectivity index (χ1n) is 7.17. The Kier molecular flexibility index (Phi) is 3.26. The van der Waals surface area contributed by atoms with Gasteiger partial charge in [0.2, 0.25) is 5.91 Å². The van der Waals surface area contributed by atoms with Crippen LogP contribution in [0, 0.1) is 10.8 Å². The topological polar surface area (TPSA) is 20.3 Å². The van der Waals surface area contributed by atoms with E-state index < -0.39 is 0 Å². The zero-order valence-electron chi connectivity index (χ0n) is 11.9. The van der Waals surface area contributed by atoms with Gasteiger partial charge < -0.3 is 4.90 Å². The average molecular weight is 237 g/mol. The van der Waals surface area contributed by atoms with E-state index in [9.17, 15) is 4.79 Å². The molecule has 0 aromatic carbocycles. The van der Waals surface area contributed by atoms with Crippen LogP contribution in [-0.2, 0) is 4.79 Å². The number of hydrogen-bond acceptors (Lipinski definition) is 1. The van der Waals surface area contributed by atoms with Gasteiger partial charge in [-0.15, -0.1) is 0 Å². The molecule has 2 rings (SSSR count). The maximum Gasteiger partial charge on any atom is 0.222 e. The number of nitrogens with zero attached hydrogens (tertiary/aromatic N) is 1. The van der Waals surface area contributed by atoms with Crippen molar-refractivity contribution in [3.05, 3.63) is 0 Å². The van der Waals surface area contributed by atoms with Crippen LogP contribution in [0.5, 0.6) is 0 Å². The van der Waals surface area contributed by atoms with Crippen molar-refractivity contribution in [1.82, 2.24) is 4.90 Å². The lowest BCUT2D eigenvalue weighted by Gasteiger charge is -2.41. The number of fused-ring (bicyclic) bond motifs is 2. The van der Waals surface area contributed by atoms with Crippen molar-refractivity contribution in [2.45, 2.75) is 72.3 Å². The van der Waals surface area contributed by atoms with E-state index in [4.69, 9.17) is 0 Å². The van der Waals surface area contributed by atoms with Gasteiger partial charge >= 0.3 is 0 Å². The molecule has 0 radical (unpaired) electrons. The molecule has 0 spiro atoms. The lowest BCUT2D eigenvalue weighted by molar-refractivity contribution is -0.136. The van der Waals surface area contributed by atoms with E-state index in [0.717, 1.165) is 19.4 Å². The van der Waals surface area contributed by atoms with Gasteiger partial charge in [-0.2, -0.15) is 0 Å². The molecule has 2 aliphatic rings. The number of hydrogen-bond donors (Lipinski definition) is 0. The summed E-state index contributed by atoms with van der Waals surface area (Å²) in [5.41, 5.74) is 0.724. The Labute approximate surface area is 106 Å². The maximum absolute atomic E-state index is 12.3. The number of likely N-dealkylation sites (tertiary alicyclic amines) is 1. The minimum Gasteiger partial charge on any atom is -0.339 e. The van der Waals surface area contributed by atoms with Crippen molar-refractivity contribution in [3.63, 3.8) is 0 Å². The largest absolute Gasteiger partial charge is 0.339 e. The summed E-state index contributed by atoms with van der Waals surface area (Å²) in [7, 11) is 0. The fourth-order valence-corrected chi connectivity index (χ4v) is 4.14. The van der Waals surface area contributed by atoms with Crippen LogP contribution in [0.15, 0.2) is 0 Å². The van der Waals surface area contributed by atoms with Crippen LogP contribution in [0.4, 0.5) is 0 Å². The summed E-state index contributed by atoms with van der Waals surface area (Å²) in [5.74, 6) is 0.403. The molecule has 1 aliphatic heterocycles. The predicted octanol–water partition coefficient (Wildman–Crippen LogP) is 3.60. The Balaban J connectivity index is 1.97. The second-order valence-corrected chi connectivity index (χ2v) is 7.17. The molecule has 0 N–H and O–H groups in total. The van der Waals surface area contributed by atoms with Crippen LogP contribution in [-0.4, -0.2) is 23.4 Å². The standard InChI is InChI=1S/C15H27NO/c1-5-6-7-8-13(17)16-11-15(4)9-12(16)14(2,3)10-15/h12H,5-11H2,1-4H3/t12-,15-/m1/s1. The number of amides is 1. The lowest BCUT2D eigenvalue weighted by Crippen LogP contribution is -2.47. The van der Waals surface area contributed by atoms with Crippen LogP contribution < -0.4 is 0 Å². The Hall–Kier alpha value is -0.530. The molecule has 2 atom stereocenters. The minimum atomic E-state index is 0.327. The number of piperidine rings is 1. The molecular weight excluding hydrogens is 210 g/mol. The van der Waals surface area contributed by atoms with Gasteiger partial charge in [0.1, 0.15) is 0 Å². The Morgan fingerprint density at radius 3 is 2.53 bits per heavy atom. The first kappa shape index (κ1) is 12.9. The zero-order valence-corrected chi connectivity index (χ0v) is 11.9. The fraction of sp³-hybridized carbons (Fsp3) is 0.933. The summed E-state index contributed by atoms with van der Waals surface area (Å²) in [4.78, 5) is 14.5. The van der Waals surface area contributed by atoms with Crippen LogP contribution in [0.3, 0.4) is 0 Å². The molecule has 0 unspecified atom stereocenters. The molecule has 2 bridgehead atoms. The van der Waals surface area contributed by atoms with Gasteiger partial charge in [0.05, 0.1) is 0 Å². The summed E-state index contributed by atoms with van der Waals surface area (Å²) < 4.78 is 0. The van der Waals surface area contributed by atoms with Crippen molar-refractivity contribution < 1.29 is 4.79 Å². The molecule has 1 saturated heterocycles. The smallest absolute Gasteiger partial charge is 0.222 e. The third-order valence-corrected chi connectivity index (χ3v) is 4.71. The van der Waals surface area contributed by atoms with E-state index in [1.807, 2.05) is 0 Å².